The minimum atomic E-state index is -0.967. The Bertz CT molecular complexity index is 590. The van der Waals surface area contributed by atoms with Gasteiger partial charge in [0.25, 0.3) is 0 Å². The van der Waals surface area contributed by atoms with Crippen molar-refractivity contribution in [2.24, 2.45) is 5.73 Å². The van der Waals surface area contributed by atoms with E-state index >= 15 is 0 Å². The highest BCUT2D eigenvalue weighted by Gasteiger charge is 2.24. The second kappa shape index (κ2) is 9.73. The number of phenols is 2. The van der Waals surface area contributed by atoms with Crippen LogP contribution in [0.5, 0.6) is 11.5 Å². The molecular weight excluding hydrogens is 330 g/mol. The van der Waals surface area contributed by atoms with Crippen LogP contribution in [0.2, 0.25) is 0 Å². The van der Waals surface area contributed by atoms with Crippen LogP contribution >= 0.6 is 0 Å². The van der Waals surface area contributed by atoms with Crippen LogP contribution < -0.4 is 5.73 Å². The zero-order chi connectivity index (χ0) is 19.0. The van der Waals surface area contributed by atoms with Gasteiger partial charge in [-0.1, -0.05) is 13.0 Å². The van der Waals surface area contributed by atoms with Crippen molar-refractivity contribution < 1.29 is 34.0 Å². The highest BCUT2D eigenvalue weighted by molar-refractivity contribution is 5.76. The molecule has 1 rings (SSSR count). The molecule has 0 bridgehead atoms. The van der Waals surface area contributed by atoms with Crippen LogP contribution in [-0.2, 0) is 25.4 Å². The lowest BCUT2D eigenvalue weighted by Gasteiger charge is -2.22. The van der Waals surface area contributed by atoms with Crippen LogP contribution in [-0.4, -0.2) is 47.2 Å². The van der Waals surface area contributed by atoms with Gasteiger partial charge in [0.1, 0.15) is 18.2 Å². The van der Waals surface area contributed by atoms with Crippen molar-refractivity contribution in [1.29, 1.82) is 0 Å². The van der Waals surface area contributed by atoms with Gasteiger partial charge in [-0.15, -0.1) is 0 Å². The quantitative estimate of drug-likeness (QED) is 0.476. The molecule has 0 saturated carbocycles. The van der Waals surface area contributed by atoms with Gasteiger partial charge in [0.15, 0.2) is 11.5 Å². The van der Waals surface area contributed by atoms with Gasteiger partial charge in [0.2, 0.25) is 0 Å². The summed E-state index contributed by atoms with van der Waals surface area (Å²) in [6.45, 7) is 5.27. The zero-order valence-electron chi connectivity index (χ0n) is 14.6. The van der Waals surface area contributed by atoms with Crippen LogP contribution in [0.15, 0.2) is 18.2 Å². The third-order valence-corrected chi connectivity index (χ3v) is 3.47. The molecule has 0 radical (unpaired) electrons. The molecule has 140 valence electrons. The van der Waals surface area contributed by atoms with Crippen molar-refractivity contribution >= 4 is 12.1 Å². The summed E-state index contributed by atoms with van der Waals surface area (Å²) in [5.41, 5.74) is 6.37. The van der Waals surface area contributed by atoms with Gasteiger partial charge < -0.3 is 30.2 Å². The molecule has 0 spiro atoms. The van der Waals surface area contributed by atoms with E-state index in [1.165, 1.54) is 12.1 Å². The first-order valence-electron chi connectivity index (χ1n) is 8.04. The average Bonchev–Trinajstić information content (AvgIpc) is 2.56. The average molecular weight is 355 g/mol. The number of carbonyl (C=O) groups excluding carboxylic acids is 2. The Kier molecular flexibility index (Phi) is 8.00. The maximum Gasteiger partial charge on any atom is 0.508 e. The number of rotatable bonds is 8. The van der Waals surface area contributed by atoms with Gasteiger partial charge in [0.05, 0.1) is 6.61 Å². The van der Waals surface area contributed by atoms with Crippen LogP contribution in [0.1, 0.15) is 32.8 Å². The van der Waals surface area contributed by atoms with E-state index in [0.29, 0.717) is 12.0 Å². The lowest BCUT2D eigenvalue weighted by atomic mass is 10.1. The second-order valence-corrected chi connectivity index (χ2v) is 5.70. The molecule has 25 heavy (non-hydrogen) atoms. The molecule has 8 heteroatoms. The second-order valence-electron chi connectivity index (χ2n) is 5.70. The Morgan fingerprint density at radius 3 is 2.36 bits per heavy atom. The molecule has 3 atom stereocenters. The Labute approximate surface area is 146 Å². The Hall–Kier alpha value is -2.48. The van der Waals surface area contributed by atoms with Crippen molar-refractivity contribution in [2.75, 3.05) is 6.61 Å². The van der Waals surface area contributed by atoms with Gasteiger partial charge in [-0.3, -0.25) is 4.79 Å². The number of hydrogen-bond acceptors (Lipinski definition) is 8. The first kappa shape index (κ1) is 20.6. The zero-order valence-corrected chi connectivity index (χ0v) is 14.6. The van der Waals surface area contributed by atoms with Crippen LogP contribution in [0.3, 0.4) is 0 Å². The lowest BCUT2D eigenvalue weighted by molar-refractivity contribution is -0.155. The smallest absolute Gasteiger partial charge is 0.504 e. The molecule has 0 amide bonds. The largest absolute Gasteiger partial charge is 0.508 e. The van der Waals surface area contributed by atoms with Crippen LogP contribution in [0.25, 0.3) is 0 Å². The maximum atomic E-state index is 12.0. The molecule has 0 fully saturated rings. The molecule has 1 aromatic rings. The van der Waals surface area contributed by atoms with Crippen molar-refractivity contribution in [3.05, 3.63) is 23.8 Å². The van der Waals surface area contributed by atoms with Gasteiger partial charge in [-0.05, 0) is 44.4 Å². The highest BCUT2D eigenvalue weighted by Crippen LogP contribution is 2.25. The molecule has 0 aliphatic heterocycles. The molecule has 4 N–H and O–H groups in total. The highest BCUT2D eigenvalue weighted by atomic mass is 16.7. The third-order valence-electron chi connectivity index (χ3n) is 3.47. The lowest BCUT2D eigenvalue weighted by Crippen LogP contribution is -2.39. The number of phenolic OH excluding ortho intramolecular Hbond substituents is 2. The molecule has 0 unspecified atom stereocenters. The van der Waals surface area contributed by atoms with Crippen molar-refractivity contribution in [2.45, 2.75) is 51.9 Å². The number of benzene rings is 1. The molecule has 1 aromatic carbocycles. The number of hydrogen-bond donors (Lipinski definition) is 3. The monoisotopic (exact) mass is 355 g/mol. The molecule has 0 aliphatic rings. The van der Waals surface area contributed by atoms with Gasteiger partial charge >= 0.3 is 12.1 Å². The van der Waals surface area contributed by atoms with Gasteiger partial charge in [-0.25, -0.2) is 4.79 Å². The SMILES string of the molecule is CCCOC(=O)O[C@H](C)[C@H](C)OC(=O)[C@@H](N)Cc1ccc(O)c(O)c1. The first-order chi connectivity index (χ1) is 11.7. The summed E-state index contributed by atoms with van der Waals surface area (Å²) in [6, 6.07) is 3.21. The summed E-state index contributed by atoms with van der Waals surface area (Å²) >= 11 is 0. The van der Waals surface area contributed by atoms with Gasteiger partial charge in [0, 0.05) is 0 Å². The fraction of sp³-hybridized carbons (Fsp3) is 0.529. The summed E-state index contributed by atoms with van der Waals surface area (Å²) in [5, 5.41) is 18.7. The van der Waals surface area contributed by atoms with E-state index in [2.05, 4.69) is 0 Å². The van der Waals surface area contributed by atoms with Crippen molar-refractivity contribution in [1.82, 2.24) is 0 Å². The summed E-state index contributed by atoms with van der Waals surface area (Å²) < 4.78 is 15.0. The normalized spacial score (nSPS) is 14.2. The predicted octanol–water partition coefficient (Wildman–Crippen LogP) is 1.85. The van der Waals surface area contributed by atoms with Crippen molar-refractivity contribution in [3.63, 3.8) is 0 Å². The van der Waals surface area contributed by atoms with Gasteiger partial charge in [-0.2, -0.15) is 0 Å². The molecule has 0 saturated heterocycles. The predicted molar refractivity (Wildman–Crippen MR) is 89.2 cm³/mol. The van der Waals surface area contributed by atoms with E-state index in [1.807, 2.05) is 6.92 Å². The fourth-order valence-corrected chi connectivity index (χ4v) is 1.87. The number of esters is 1. The molecular formula is C17H25NO7. The first-order valence-corrected chi connectivity index (χ1v) is 8.04. The minimum Gasteiger partial charge on any atom is -0.504 e. The number of carbonyl (C=O) groups is 2. The van der Waals surface area contributed by atoms with E-state index in [-0.39, 0.29) is 24.5 Å². The Morgan fingerprint density at radius 1 is 1.12 bits per heavy atom. The molecule has 0 aliphatic carbocycles. The van der Waals surface area contributed by atoms with E-state index < -0.39 is 30.4 Å². The van der Waals surface area contributed by atoms with E-state index in [4.69, 9.17) is 19.9 Å². The van der Waals surface area contributed by atoms with Crippen LogP contribution in [0.4, 0.5) is 4.79 Å². The fourth-order valence-electron chi connectivity index (χ4n) is 1.87. The summed E-state index contributed by atoms with van der Waals surface area (Å²) in [4.78, 5) is 23.4. The topological polar surface area (TPSA) is 128 Å². The van der Waals surface area contributed by atoms with Crippen molar-refractivity contribution in [3.8, 4) is 11.5 Å². The van der Waals surface area contributed by atoms with E-state index in [1.54, 1.807) is 19.9 Å². The molecule has 0 heterocycles. The summed E-state index contributed by atoms with van der Waals surface area (Å²) in [6.07, 6.45) is -1.43. The molecule has 0 aromatic heterocycles. The number of aromatic hydroxyl groups is 2. The third kappa shape index (κ3) is 6.88. The number of nitrogens with two attached hydrogens (primary N) is 1. The number of ether oxygens (including phenoxy) is 3. The minimum absolute atomic E-state index is 0.118. The maximum absolute atomic E-state index is 12.0. The Balaban J connectivity index is 2.50. The molecule has 8 nitrogen and oxygen atoms in total. The summed E-state index contributed by atoms with van der Waals surface area (Å²) in [7, 11) is 0. The standard InChI is InChI=1S/C17H25NO7/c1-4-7-23-17(22)25-11(3)10(2)24-16(21)13(18)8-12-5-6-14(19)15(20)9-12/h5-6,9-11,13,19-20H,4,7-8,18H2,1-3H3/t10-,11+,13-/m0/s1. The van der Waals surface area contributed by atoms with E-state index in [0.717, 1.165) is 0 Å². The summed E-state index contributed by atoms with van der Waals surface area (Å²) in [5.74, 6) is -1.22. The van der Waals surface area contributed by atoms with E-state index in [9.17, 15) is 19.8 Å². The van der Waals surface area contributed by atoms with Crippen LogP contribution in [0, 0.1) is 0 Å². The Morgan fingerprint density at radius 2 is 1.76 bits per heavy atom.